The van der Waals surface area contributed by atoms with E-state index in [1.807, 2.05) is 35.1 Å². The van der Waals surface area contributed by atoms with Gasteiger partial charge in [-0.25, -0.2) is 0 Å². The van der Waals surface area contributed by atoms with Gasteiger partial charge in [0.1, 0.15) is 16.5 Å². The van der Waals surface area contributed by atoms with Crippen LogP contribution < -0.4 is 9.47 Å². The zero-order valence-electron chi connectivity index (χ0n) is 13.1. The van der Waals surface area contributed by atoms with Crippen LogP contribution in [0.5, 0.6) is 11.5 Å². The maximum Gasteiger partial charge on any atom is 0.235 e. The van der Waals surface area contributed by atoms with Crippen LogP contribution >= 0.6 is 11.3 Å². The maximum absolute atomic E-state index is 5.32. The number of nitrogens with zero attached hydrogens (tertiary/aromatic N) is 6. The first-order valence-electron chi connectivity index (χ1n) is 7.19. The highest BCUT2D eigenvalue weighted by atomic mass is 32.1. The molecule has 8 nitrogen and oxygen atoms in total. The van der Waals surface area contributed by atoms with Gasteiger partial charge in [-0.15, -0.1) is 10.2 Å². The van der Waals surface area contributed by atoms with E-state index >= 15 is 0 Å². The molecule has 122 valence electrons. The zero-order valence-corrected chi connectivity index (χ0v) is 13.9. The average molecular weight is 342 g/mol. The first-order chi connectivity index (χ1) is 11.8. The van der Waals surface area contributed by atoms with Gasteiger partial charge in [0.2, 0.25) is 4.96 Å². The highest BCUT2D eigenvalue weighted by Crippen LogP contribution is 2.29. The predicted octanol–water partition coefficient (Wildman–Crippen LogP) is 2.11. The number of ether oxygens (including phenoxy) is 2. The normalized spacial score (nSPS) is 11.1. The molecule has 1 aromatic carbocycles. The summed E-state index contributed by atoms with van der Waals surface area (Å²) in [5.74, 6) is 2.02. The van der Waals surface area contributed by atoms with Gasteiger partial charge in [-0.05, 0) is 18.2 Å². The number of fused-ring (bicyclic) bond motifs is 1. The molecule has 3 aromatic heterocycles. The highest BCUT2D eigenvalue weighted by Gasteiger charge is 2.15. The lowest BCUT2D eigenvalue weighted by atomic mass is 10.2. The van der Waals surface area contributed by atoms with Crippen molar-refractivity contribution in [3.8, 4) is 22.9 Å². The number of hydrogen-bond donors (Lipinski definition) is 0. The van der Waals surface area contributed by atoms with Crippen molar-refractivity contribution in [2.75, 3.05) is 14.2 Å². The quantitative estimate of drug-likeness (QED) is 0.553. The van der Waals surface area contributed by atoms with Crippen molar-refractivity contribution in [3.63, 3.8) is 0 Å². The Morgan fingerprint density at radius 1 is 1.08 bits per heavy atom. The molecule has 0 fully saturated rings. The summed E-state index contributed by atoms with van der Waals surface area (Å²) in [7, 11) is 3.23. The summed E-state index contributed by atoms with van der Waals surface area (Å²) in [4.78, 5) is 0.731. The van der Waals surface area contributed by atoms with Gasteiger partial charge in [0, 0.05) is 24.0 Å². The molecule has 0 amide bonds. The molecule has 24 heavy (non-hydrogen) atoms. The lowest BCUT2D eigenvalue weighted by Crippen LogP contribution is -2.00. The third-order valence-corrected chi connectivity index (χ3v) is 4.38. The van der Waals surface area contributed by atoms with E-state index in [9.17, 15) is 0 Å². The Balaban J connectivity index is 1.75. The molecule has 0 aliphatic rings. The fourth-order valence-electron chi connectivity index (χ4n) is 2.37. The van der Waals surface area contributed by atoms with Gasteiger partial charge >= 0.3 is 0 Å². The number of rotatable bonds is 5. The molecule has 0 atom stereocenters. The Bertz CT molecular complexity index is 953. The molecule has 9 heteroatoms. The molecule has 0 radical (unpaired) electrons. The minimum atomic E-state index is 0.599. The summed E-state index contributed by atoms with van der Waals surface area (Å²) in [6.45, 7) is 0.599. The first-order valence-corrected chi connectivity index (χ1v) is 8.00. The van der Waals surface area contributed by atoms with Crippen LogP contribution in [0.15, 0.2) is 36.7 Å². The van der Waals surface area contributed by atoms with Gasteiger partial charge in [-0.3, -0.25) is 4.68 Å². The van der Waals surface area contributed by atoms with Gasteiger partial charge < -0.3 is 9.47 Å². The summed E-state index contributed by atoms with van der Waals surface area (Å²) < 4.78 is 14.2. The Hall–Kier alpha value is -2.94. The molecule has 0 saturated carbocycles. The summed E-state index contributed by atoms with van der Waals surface area (Å²) in [5, 5.41) is 18.2. The second kappa shape index (κ2) is 5.93. The fraction of sp³-hybridized carbons (Fsp3) is 0.200. The topological polar surface area (TPSA) is 79.4 Å². The van der Waals surface area contributed by atoms with Gasteiger partial charge in [-0.2, -0.15) is 14.7 Å². The third kappa shape index (κ3) is 2.58. The Morgan fingerprint density at radius 2 is 1.88 bits per heavy atom. The van der Waals surface area contributed by atoms with E-state index < -0.39 is 0 Å². The number of aromatic nitrogens is 6. The summed E-state index contributed by atoms with van der Waals surface area (Å²) in [5.41, 5.74) is 0.828. The Kier molecular flexibility index (Phi) is 3.62. The molecule has 0 bridgehead atoms. The highest BCUT2D eigenvalue weighted by molar-refractivity contribution is 7.16. The van der Waals surface area contributed by atoms with Crippen LogP contribution in [-0.4, -0.2) is 43.8 Å². The van der Waals surface area contributed by atoms with Crippen LogP contribution in [0.4, 0.5) is 0 Å². The van der Waals surface area contributed by atoms with Crippen molar-refractivity contribution in [3.05, 3.63) is 41.7 Å². The molecule has 0 aliphatic carbocycles. The van der Waals surface area contributed by atoms with Gasteiger partial charge in [0.05, 0.1) is 20.8 Å². The minimum absolute atomic E-state index is 0.599. The first kappa shape index (κ1) is 14.6. The monoisotopic (exact) mass is 342 g/mol. The Labute approximate surface area is 141 Å². The van der Waals surface area contributed by atoms with E-state index in [0.29, 0.717) is 23.9 Å². The van der Waals surface area contributed by atoms with E-state index in [-0.39, 0.29) is 0 Å². The van der Waals surface area contributed by atoms with Gasteiger partial charge in [-0.1, -0.05) is 11.3 Å². The largest absolute Gasteiger partial charge is 0.497 e. The number of benzene rings is 1. The number of methoxy groups -OCH3 is 2. The van der Waals surface area contributed by atoms with Crippen LogP contribution in [0.25, 0.3) is 16.3 Å². The lowest BCUT2D eigenvalue weighted by Gasteiger charge is -2.06. The van der Waals surface area contributed by atoms with Gasteiger partial charge in [0.25, 0.3) is 0 Å². The van der Waals surface area contributed by atoms with E-state index in [2.05, 4.69) is 20.4 Å². The van der Waals surface area contributed by atoms with Crippen molar-refractivity contribution >= 4 is 16.3 Å². The molecule has 0 unspecified atom stereocenters. The lowest BCUT2D eigenvalue weighted by molar-refractivity contribution is 0.394. The van der Waals surface area contributed by atoms with Crippen molar-refractivity contribution in [1.82, 2.24) is 29.6 Å². The fourth-order valence-corrected chi connectivity index (χ4v) is 3.20. The Morgan fingerprint density at radius 3 is 2.54 bits per heavy atom. The third-order valence-electron chi connectivity index (χ3n) is 3.50. The molecule has 4 aromatic rings. The molecule has 3 heterocycles. The average Bonchev–Trinajstić information content (AvgIpc) is 3.32. The molecular formula is C15H14N6O2S. The number of hydrogen-bond acceptors (Lipinski definition) is 7. The van der Waals surface area contributed by atoms with Crippen molar-refractivity contribution in [2.24, 2.45) is 0 Å². The molecule has 0 aliphatic heterocycles. The zero-order chi connectivity index (χ0) is 16.5. The summed E-state index contributed by atoms with van der Waals surface area (Å²) >= 11 is 1.49. The van der Waals surface area contributed by atoms with E-state index in [1.165, 1.54) is 11.3 Å². The van der Waals surface area contributed by atoms with Crippen LogP contribution in [0.2, 0.25) is 0 Å². The van der Waals surface area contributed by atoms with E-state index in [1.54, 1.807) is 24.9 Å². The van der Waals surface area contributed by atoms with E-state index in [0.717, 1.165) is 15.5 Å². The molecule has 4 rings (SSSR count). The van der Waals surface area contributed by atoms with Crippen LogP contribution in [0.1, 0.15) is 5.01 Å². The standard InChI is InChI=1S/C15H14N6O2S/c1-22-11-6-10(7-12(8-11)23-2)14-17-18-15-21(14)19-13(24-15)9-20-5-3-4-16-20/h3-8H,9H2,1-2H3. The SMILES string of the molecule is COc1cc(OC)cc(-c2nnc3sc(Cn4cccn4)nn23)c1. The van der Waals surface area contributed by atoms with Crippen molar-refractivity contribution in [1.29, 1.82) is 0 Å². The second-order valence-electron chi connectivity index (χ2n) is 5.02. The van der Waals surface area contributed by atoms with Gasteiger partial charge in [0.15, 0.2) is 5.82 Å². The van der Waals surface area contributed by atoms with Crippen LogP contribution in [0, 0.1) is 0 Å². The van der Waals surface area contributed by atoms with Crippen LogP contribution in [0.3, 0.4) is 0 Å². The molecule has 0 N–H and O–H groups in total. The molecule has 0 saturated heterocycles. The van der Waals surface area contributed by atoms with E-state index in [4.69, 9.17) is 9.47 Å². The summed E-state index contributed by atoms with van der Waals surface area (Å²) in [6.07, 6.45) is 3.64. The van der Waals surface area contributed by atoms with Crippen molar-refractivity contribution < 1.29 is 9.47 Å². The second-order valence-corrected chi connectivity index (χ2v) is 6.06. The smallest absolute Gasteiger partial charge is 0.235 e. The minimum Gasteiger partial charge on any atom is -0.497 e. The van der Waals surface area contributed by atoms with Crippen molar-refractivity contribution in [2.45, 2.75) is 6.54 Å². The van der Waals surface area contributed by atoms with Crippen LogP contribution in [-0.2, 0) is 6.54 Å². The maximum atomic E-state index is 5.32. The summed E-state index contributed by atoms with van der Waals surface area (Å²) in [6, 6.07) is 7.46. The molecular weight excluding hydrogens is 328 g/mol. The molecule has 0 spiro atoms. The predicted molar refractivity (Wildman–Crippen MR) is 88.5 cm³/mol.